The van der Waals surface area contributed by atoms with E-state index < -0.39 is 4.92 Å². The van der Waals surface area contributed by atoms with Gasteiger partial charge in [-0.3, -0.25) is 14.9 Å². The van der Waals surface area contributed by atoms with Crippen LogP contribution >= 0.6 is 0 Å². The van der Waals surface area contributed by atoms with Crippen molar-refractivity contribution in [1.29, 1.82) is 0 Å². The Morgan fingerprint density at radius 2 is 1.69 bits per heavy atom. The second-order valence-corrected chi connectivity index (χ2v) is 7.02. The number of urea groups is 1. The summed E-state index contributed by atoms with van der Waals surface area (Å²) >= 11 is 0. The fourth-order valence-corrected chi connectivity index (χ4v) is 2.98. The van der Waals surface area contributed by atoms with Crippen LogP contribution in [0.5, 0.6) is 0 Å². The number of amides is 3. The molecule has 0 radical (unpaired) electrons. The zero-order valence-electron chi connectivity index (χ0n) is 15.2. The lowest BCUT2D eigenvalue weighted by molar-refractivity contribution is -0.384. The van der Waals surface area contributed by atoms with E-state index in [1.807, 2.05) is 13.8 Å². The average molecular weight is 362 g/mol. The third-order valence-corrected chi connectivity index (χ3v) is 4.41. The largest absolute Gasteiger partial charge is 0.347 e. The molecule has 2 rings (SSSR count). The van der Waals surface area contributed by atoms with Crippen molar-refractivity contribution in [3.63, 3.8) is 0 Å². The van der Waals surface area contributed by atoms with Gasteiger partial charge in [-0.15, -0.1) is 0 Å². The molecule has 142 valence electrons. The molecule has 3 amide bonds. The van der Waals surface area contributed by atoms with Crippen LogP contribution in [0.3, 0.4) is 0 Å². The predicted molar refractivity (Wildman–Crippen MR) is 98.0 cm³/mol. The third kappa shape index (κ3) is 5.72. The molecule has 3 N–H and O–H groups in total. The summed E-state index contributed by atoms with van der Waals surface area (Å²) in [5, 5.41) is 19.4. The Bertz CT molecular complexity index is 645. The summed E-state index contributed by atoms with van der Waals surface area (Å²) in [5.41, 5.74) is 0.310. The predicted octanol–water partition coefficient (Wildman–Crippen LogP) is 2.59. The first-order valence-corrected chi connectivity index (χ1v) is 8.96. The number of carbonyl (C=O) groups is 2. The van der Waals surface area contributed by atoms with E-state index in [2.05, 4.69) is 16.0 Å². The van der Waals surface area contributed by atoms with Crippen molar-refractivity contribution in [3.05, 3.63) is 39.9 Å². The Morgan fingerprint density at radius 3 is 2.23 bits per heavy atom. The van der Waals surface area contributed by atoms with Gasteiger partial charge in [0.05, 0.1) is 11.0 Å². The summed E-state index contributed by atoms with van der Waals surface area (Å²) in [6, 6.07) is 4.99. The summed E-state index contributed by atoms with van der Waals surface area (Å²) in [4.78, 5) is 34.6. The van der Waals surface area contributed by atoms with Gasteiger partial charge < -0.3 is 16.0 Å². The Hall–Kier alpha value is -2.64. The molecule has 0 aliphatic heterocycles. The van der Waals surface area contributed by atoms with E-state index in [1.54, 1.807) is 0 Å². The average Bonchev–Trinajstić information content (AvgIpc) is 2.61. The van der Waals surface area contributed by atoms with Crippen LogP contribution in [0, 0.1) is 16.0 Å². The second-order valence-electron chi connectivity index (χ2n) is 7.02. The standard InChI is InChI=1S/C18H26N4O4/c1-12(2)11-19-18(24)21-16-6-4-3-5-15(16)20-17(23)13-7-9-14(10-8-13)22(25)26/h7-10,12,15-16H,3-6,11H2,1-2H3,(H,20,23)(H2,19,21,24). The van der Waals surface area contributed by atoms with Gasteiger partial charge in [0, 0.05) is 30.3 Å². The molecule has 1 aliphatic carbocycles. The van der Waals surface area contributed by atoms with Crippen LogP contribution in [0.2, 0.25) is 0 Å². The Balaban J connectivity index is 1.95. The molecule has 1 aromatic carbocycles. The summed E-state index contributed by atoms with van der Waals surface area (Å²) in [7, 11) is 0. The van der Waals surface area contributed by atoms with Gasteiger partial charge in [0.25, 0.3) is 11.6 Å². The highest BCUT2D eigenvalue weighted by Crippen LogP contribution is 2.19. The zero-order chi connectivity index (χ0) is 19.1. The van der Waals surface area contributed by atoms with Gasteiger partial charge >= 0.3 is 6.03 Å². The number of benzene rings is 1. The fraction of sp³-hybridized carbons (Fsp3) is 0.556. The molecule has 26 heavy (non-hydrogen) atoms. The lowest BCUT2D eigenvalue weighted by Crippen LogP contribution is -2.55. The highest BCUT2D eigenvalue weighted by Gasteiger charge is 2.28. The van der Waals surface area contributed by atoms with Crippen LogP contribution in [-0.2, 0) is 0 Å². The summed E-state index contributed by atoms with van der Waals surface area (Å²) in [5.74, 6) is 0.0749. The zero-order valence-corrected chi connectivity index (χ0v) is 15.2. The molecule has 8 heteroatoms. The Morgan fingerprint density at radius 1 is 1.12 bits per heavy atom. The van der Waals surface area contributed by atoms with Gasteiger partial charge in [-0.25, -0.2) is 4.79 Å². The summed E-state index contributed by atoms with van der Waals surface area (Å²) in [6.07, 6.45) is 3.57. The smallest absolute Gasteiger partial charge is 0.315 e. The number of hydrogen-bond donors (Lipinski definition) is 3. The maximum absolute atomic E-state index is 12.4. The van der Waals surface area contributed by atoms with Gasteiger partial charge in [0.15, 0.2) is 0 Å². The van der Waals surface area contributed by atoms with Crippen molar-refractivity contribution in [1.82, 2.24) is 16.0 Å². The maximum Gasteiger partial charge on any atom is 0.315 e. The Labute approximate surface area is 152 Å². The van der Waals surface area contributed by atoms with Crippen LogP contribution in [0.4, 0.5) is 10.5 Å². The van der Waals surface area contributed by atoms with Crippen molar-refractivity contribution in [3.8, 4) is 0 Å². The topological polar surface area (TPSA) is 113 Å². The second kappa shape index (κ2) is 9.17. The molecule has 8 nitrogen and oxygen atoms in total. The molecule has 2 unspecified atom stereocenters. The van der Waals surface area contributed by atoms with Crippen molar-refractivity contribution >= 4 is 17.6 Å². The first-order valence-electron chi connectivity index (χ1n) is 8.96. The number of hydrogen-bond acceptors (Lipinski definition) is 4. The summed E-state index contributed by atoms with van der Waals surface area (Å²) in [6.45, 7) is 4.64. The minimum absolute atomic E-state index is 0.0550. The monoisotopic (exact) mass is 362 g/mol. The van der Waals surface area contributed by atoms with Gasteiger partial charge in [-0.2, -0.15) is 0 Å². The molecule has 0 heterocycles. The Kier molecular flexibility index (Phi) is 6.94. The van der Waals surface area contributed by atoms with E-state index in [0.717, 1.165) is 25.7 Å². The molecule has 2 atom stereocenters. The van der Waals surface area contributed by atoms with Crippen molar-refractivity contribution in [2.75, 3.05) is 6.54 Å². The molecule has 0 bridgehead atoms. The van der Waals surface area contributed by atoms with E-state index >= 15 is 0 Å². The normalized spacial score (nSPS) is 19.7. The molecule has 0 spiro atoms. The van der Waals surface area contributed by atoms with Gasteiger partial charge in [0.2, 0.25) is 0 Å². The van der Waals surface area contributed by atoms with E-state index in [-0.39, 0.29) is 29.7 Å². The van der Waals surface area contributed by atoms with Gasteiger partial charge in [-0.1, -0.05) is 26.7 Å². The first kappa shape index (κ1) is 19.7. The maximum atomic E-state index is 12.4. The van der Waals surface area contributed by atoms with E-state index in [1.165, 1.54) is 24.3 Å². The number of rotatable bonds is 6. The van der Waals surface area contributed by atoms with Gasteiger partial charge in [0.1, 0.15) is 0 Å². The molecule has 0 aromatic heterocycles. The van der Waals surface area contributed by atoms with Gasteiger partial charge in [-0.05, 0) is 30.9 Å². The van der Waals surface area contributed by atoms with E-state index in [9.17, 15) is 19.7 Å². The highest BCUT2D eigenvalue weighted by atomic mass is 16.6. The number of nitro groups is 1. The van der Waals surface area contributed by atoms with Crippen molar-refractivity contribution < 1.29 is 14.5 Å². The quantitative estimate of drug-likeness (QED) is 0.533. The highest BCUT2D eigenvalue weighted by molar-refractivity contribution is 5.94. The molecular formula is C18H26N4O4. The molecule has 0 saturated heterocycles. The molecular weight excluding hydrogens is 336 g/mol. The molecule has 1 aromatic rings. The lowest BCUT2D eigenvalue weighted by atomic mass is 9.90. The van der Waals surface area contributed by atoms with Crippen LogP contribution in [-0.4, -0.2) is 35.5 Å². The number of nitrogens with one attached hydrogen (secondary N) is 3. The minimum Gasteiger partial charge on any atom is -0.347 e. The van der Waals surface area contributed by atoms with Crippen molar-refractivity contribution in [2.45, 2.75) is 51.6 Å². The molecule has 1 fully saturated rings. The summed E-state index contributed by atoms with van der Waals surface area (Å²) < 4.78 is 0. The number of nitro benzene ring substituents is 1. The lowest BCUT2D eigenvalue weighted by Gasteiger charge is -2.33. The molecule has 1 saturated carbocycles. The third-order valence-electron chi connectivity index (χ3n) is 4.41. The van der Waals surface area contributed by atoms with Crippen LogP contribution in [0.1, 0.15) is 49.9 Å². The SMILES string of the molecule is CC(C)CNC(=O)NC1CCCCC1NC(=O)c1ccc([N+](=O)[O-])cc1. The van der Waals surface area contributed by atoms with Crippen molar-refractivity contribution in [2.24, 2.45) is 5.92 Å². The minimum atomic E-state index is -0.501. The van der Waals surface area contributed by atoms with E-state index in [4.69, 9.17) is 0 Å². The van der Waals surface area contributed by atoms with Crippen LogP contribution in [0.15, 0.2) is 24.3 Å². The number of carbonyl (C=O) groups excluding carboxylic acids is 2. The number of nitrogens with zero attached hydrogens (tertiary/aromatic N) is 1. The number of non-ortho nitro benzene ring substituents is 1. The fourth-order valence-electron chi connectivity index (χ4n) is 2.98. The van der Waals surface area contributed by atoms with Crippen LogP contribution in [0.25, 0.3) is 0 Å². The van der Waals surface area contributed by atoms with Crippen LogP contribution < -0.4 is 16.0 Å². The van der Waals surface area contributed by atoms with E-state index in [0.29, 0.717) is 18.0 Å². The molecule has 1 aliphatic rings. The first-order chi connectivity index (χ1) is 12.4.